The molecule has 0 unspecified atom stereocenters. The van der Waals surface area contributed by atoms with Gasteiger partial charge in [0.1, 0.15) is 11.4 Å². The molecular formula is C15H17N7O2. The van der Waals surface area contributed by atoms with Crippen LogP contribution in [0.2, 0.25) is 0 Å². The van der Waals surface area contributed by atoms with Crippen LogP contribution in [0.1, 0.15) is 35.1 Å². The zero-order valence-corrected chi connectivity index (χ0v) is 13.1. The molecule has 0 N–H and O–H groups in total. The van der Waals surface area contributed by atoms with Crippen molar-refractivity contribution in [2.45, 2.75) is 25.4 Å². The highest BCUT2D eigenvalue weighted by Gasteiger charge is 2.34. The maximum Gasteiger partial charge on any atom is 0.274 e. The molecule has 2 aromatic heterocycles. The van der Waals surface area contributed by atoms with Crippen LogP contribution < -0.4 is 0 Å². The molecule has 4 rings (SSSR count). The maximum atomic E-state index is 12.2. The van der Waals surface area contributed by atoms with Crippen molar-refractivity contribution in [2.24, 2.45) is 0 Å². The topological polar surface area (TPSA) is 97.1 Å². The van der Waals surface area contributed by atoms with Gasteiger partial charge in [0.15, 0.2) is 0 Å². The number of hydrogen-bond acceptors (Lipinski definition) is 6. The lowest BCUT2D eigenvalue weighted by molar-refractivity contribution is -0.128. The number of carbonyl (C=O) groups is 2. The molecule has 0 atom stereocenters. The van der Waals surface area contributed by atoms with Gasteiger partial charge >= 0.3 is 0 Å². The van der Waals surface area contributed by atoms with Crippen molar-refractivity contribution in [1.82, 2.24) is 34.8 Å². The third-order valence-electron chi connectivity index (χ3n) is 4.39. The summed E-state index contributed by atoms with van der Waals surface area (Å²) in [5.41, 5.74) is 1.13. The van der Waals surface area contributed by atoms with Gasteiger partial charge in [-0.3, -0.25) is 14.6 Å². The number of hydrogen-bond donors (Lipinski definition) is 0. The molecule has 9 heteroatoms. The molecule has 2 fully saturated rings. The van der Waals surface area contributed by atoms with Gasteiger partial charge in [-0.15, -0.1) is 5.10 Å². The fourth-order valence-electron chi connectivity index (χ4n) is 2.99. The van der Waals surface area contributed by atoms with Crippen LogP contribution in [0.5, 0.6) is 0 Å². The molecule has 0 spiro atoms. The minimum atomic E-state index is -0.123. The molecule has 9 nitrogen and oxygen atoms in total. The molecule has 2 saturated heterocycles. The minimum absolute atomic E-state index is 0.112. The first-order valence-corrected chi connectivity index (χ1v) is 7.94. The SMILES string of the molecule is O=C1CCCN1Cc1cn(C2CN(C(=O)c3cnccn3)C2)nn1. The molecule has 0 saturated carbocycles. The summed E-state index contributed by atoms with van der Waals surface area (Å²) in [6, 6.07) is 0.112. The number of carbonyl (C=O) groups excluding carboxylic acids is 2. The van der Waals surface area contributed by atoms with Crippen molar-refractivity contribution in [3.05, 3.63) is 36.2 Å². The van der Waals surface area contributed by atoms with Crippen LogP contribution >= 0.6 is 0 Å². The monoisotopic (exact) mass is 327 g/mol. The maximum absolute atomic E-state index is 12.2. The summed E-state index contributed by atoms with van der Waals surface area (Å²) in [6.45, 7) is 2.44. The van der Waals surface area contributed by atoms with Crippen LogP contribution in [0.3, 0.4) is 0 Å². The number of amides is 2. The lowest BCUT2D eigenvalue weighted by Crippen LogP contribution is -2.51. The highest BCUT2D eigenvalue weighted by Crippen LogP contribution is 2.22. The number of aromatic nitrogens is 5. The van der Waals surface area contributed by atoms with E-state index in [-0.39, 0.29) is 17.9 Å². The lowest BCUT2D eigenvalue weighted by Gasteiger charge is -2.38. The van der Waals surface area contributed by atoms with E-state index in [1.54, 1.807) is 14.5 Å². The van der Waals surface area contributed by atoms with Gasteiger partial charge in [-0.25, -0.2) is 9.67 Å². The summed E-state index contributed by atoms with van der Waals surface area (Å²) in [4.78, 5) is 35.3. The summed E-state index contributed by atoms with van der Waals surface area (Å²) in [6.07, 6.45) is 7.91. The Kier molecular flexibility index (Phi) is 3.68. The lowest BCUT2D eigenvalue weighted by atomic mass is 10.1. The molecule has 2 amide bonds. The Bertz CT molecular complexity index is 754. The van der Waals surface area contributed by atoms with E-state index in [4.69, 9.17) is 0 Å². The van der Waals surface area contributed by atoms with Gasteiger partial charge in [0, 0.05) is 38.4 Å². The zero-order valence-electron chi connectivity index (χ0n) is 13.1. The van der Waals surface area contributed by atoms with Gasteiger partial charge in [0.25, 0.3) is 5.91 Å². The molecule has 124 valence electrons. The minimum Gasteiger partial charge on any atom is -0.337 e. The number of nitrogens with zero attached hydrogens (tertiary/aromatic N) is 7. The molecule has 0 bridgehead atoms. The largest absolute Gasteiger partial charge is 0.337 e. The predicted octanol–water partition coefficient (Wildman–Crippen LogP) is -0.112. The van der Waals surface area contributed by atoms with Gasteiger partial charge in [-0.1, -0.05) is 5.21 Å². The van der Waals surface area contributed by atoms with Gasteiger partial charge in [0.2, 0.25) is 5.91 Å². The van der Waals surface area contributed by atoms with Crippen LogP contribution in [0.25, 0.3) is 0 Å². The van der Waals surface area contributed by atoms with Crippen LogP contribution in [0, 0.1) is 0 Å². The fourth-order valence-corrected chi connectivity index (χ4v) is 2.99. The quantitative estimate of drug-likeness (QED) is 0.777. The normalized spacial score (nSPS) is 18.1. The first-order chi connectivity index (χ1) is 11.7. The molecular weight excluding hydrogens is 310 g/mol. The Hall–Kier alpha value is -2.84. The van der Waals surface area contributed by atoms with E-state index in [2.05, 4.69) is 20.3 Å². The van der Waals surface area contributed by atoms with E-state index in [1.165, 1.54) is 18.6 Å². The van der Waals surface area contributed by atoms with E-state index in [0.29, 0.717) is 31.7 Å². The molecule has 0 radical (unpaired) electrons. The van der Waals surface area contributed by atoms with Crippen LogP contribution in [0.15, 0.2) is 24.8 Å². The van der Waals surface area contributed by atoms with Gasteiger partial charge < -0.3 is 9.80 Å². The van der Waals surface area contributed by atoms with Crippen molar-refractivity contribution in [3.63, 3.8) is 0 Å². The summed E-state index contributed by atoms with van der Waals surface area (Å²) >= 11 is 0. The summed E-state index contributed by atoms with van der Waals surface area (Å²) in [5, 5.41) is 8.27. The Labute approximate surface area is 138 Å². The second kappa shape index (κ2) is 5.99. The van der Waals surface area contributed by atoms with E-state index in [0.717, 1.165) is 18.7 Å². The smallest absolute Gasteiger partial charge is 0.274 e. The highest BCUT2D eigenvalue weighted by molar-refractivity contribution is 5.92. The van der Waals surface area contributed by atoms with Crippen LogP contribution in [-0.4, -0.2) is 66.2 Å². The van der Waals surface area contributed by atoms with Gasteiger partial charge in [-0.05, 0) is 6.42 Å². The standard InChI is InChI=1S/C15H17N7O2/c23-14-2-1-5-20(14)7-11-8-22(19-18-11)12-9-21(10-12)15(24)13-6-16-3-4-17-13/h3-4,6,8,12H,1-2,5,7,9-10H2. The summed E-state index contributed by atoms with van der Waals surface area (Å²) in [5.74, 6) is 0.0521. The van der Waals surface area contributed by atoms with Crippen LogP contribution in [-0.2, 0) is 11.3 Å². The molecule has 4 heterocycles. The average molecular weight is 327 g/mol. The van der Waals surface area contributed by atoms with E-state index >= 15 is 0 Å². The third kappa shape index (κ3) is 2.72. The van der Waals surface area contributed by atoms with Gasteiger partial charge in [0.05, 0.1) is 25.0 Å². The summed E-state index contributed by atoms with van der Waals surface area (Å²) in [7, 11) is 0. The van der Waals surface area contributed by atoms with Crippen molar-refractivity contribution in [1.29, 1.82) is 0 Å². The second-order valence-corrected chi connectivity index (χ2v) is 6.06. The first-order valence-electron chi connectivity index (χ1n) is 7.94. The average Bonchev–Trinajstić information content (AvgIpc) is 3.17. The first kappa shape index (κ1) is 14.7. The molecule has 0 aromatic carbocycles. The Morgan fingerprint density at radius 1 is 1.29 bits per heavy atom. The van der Waals surface area contributed by atoms with Crippen LogP contribution in [0.4, 0.5) is 0 Å². The predicted molar refractivity (Wildman–Crippen MR) is 81.6 cm³/mol. The van der Waals surface area contributed by atoms with E-state index in [9.17, 15) is 9.59 Å². The molecule has 2 aliphatic rings. The van der Waals surface area contributed by atoms with E-state index < -0.39 is 0 Å². The number of likely N-dealkylation sites (tertiary alicyclic amines) is 2. The molecule has 2 aliphatic heterocycles. The molecule has 0 aliphatic carbocycles. The Balaban J connectivity index is 1.34. The van der Waals surface area contributed by atoms with Crippen molar-refractivity contribution in [2.75, 3.05) is 19.6 Å². The molecule has 2 aromatic rings. The van der Waals surface area contributed by atoms with Crippen molar-refractivity contribution in [3.8, 4) is 0 Å². The molecule has 24 heavy (non-hydrogen) atoms. The van der Waals surface area contributed by atoms with Crippen molar-refractivity contribution < 1.29 is 9.59 Å². The van der Waals surface area contributed by atoms with Gasteiger partial charge in [-0.2, -0.15) is 0 Å². The highest BCUT2D eigenvalue weighted by atomic mass is 16.2. The second-order valence-electron chi connectivity index (χ2n) is 6.06. The zero-order chi connectivity index (χ0) is 16.5. The summed E-state index contributed by atoms with van der Waals surface area (Å²) < 4.78 is 1.77. The third-order valence-corrected chi connectivity index (χ3v) is 4.39. The number of rotatable bonds is 4. The Morgan fingerprint density at radius 2 is 2.17 bits per heavy atom. The fraction of sp³-hybridized carbons (Fsp3) is 0.467. The van der Waals surface area contributed by atoms with E-state index in [1.807, 2.05) is 6.20 Å². The van der Waals surface area contributed by atoms with Crippen molar-refractivity contribution >= 4 is 11.8 Å². The Morgan fingerprint density at radius 3 is 2.88 bits per heavy atom.